The quantitative estimate of drug-likeness (QED) is 0.853. The lowest BCUT2D eigenvalue weighted by atomic mass is 10.2. The monoisotopic (exact) mass is 319 g/mol. The molecule has 0 unspecified atom stereocenters. The molecule has 0 saturated carbocycles. The van der Waals surface area contributed by atoms with Crippen LogP contribution in [-0.2, 0) is 4.79 Å². The standard InChI is InChI=1S/C10H11BrClN3O2/c1-2-15(5-8(13)16)10(17)7-3-6(11)4-14-9(7)12/h3-4H,2,5H2,1H3,(H2,13,16). The minimum Gasteiger partial charge on any atom is -0.368 e. The molecule has 0 aliphatic heterocycles. The molecule has 0 saturated heterocycles. The summed E-state index contributed by atoms with van der Waals surface area (Å²) >= 11 is 9.04. The first-order chi connectivity index (χ1) is 7.95. The van der Waals surface area contributed by atoms with Gasteiger partial charge in [-0.15, -0.1) is 0 Å². The molecule has 0 aliphatic carbocycles. The molecular formula is C10H11BrClN3O2. The lowest BCUT2D eigenvalue weighted by Crippen LogP contribution is -2.38. The molecule has 1 aromatic heterocycles. The topological polar surface area (TPSA) is 76.3 Å². The minimum atomic E-state index is -0.570. The fourth-order valence-electron chi connectivity index (χ4n) is 1.26. The van der Waals surface area contributed by atoms with E-state index in [9.17, 15) is 9.59 Å². The van der Waals surface area contributed by atoms with Crippen LogP contribution in [0, 0.1) is 0 Å². The van der Waals surface area contributed by atoms with Gasteiger partial charge in [0.1, 0.15) is 5.15 Å². The van der Waals surface area contributed by atoms with Crippen molar-refractivity contribution in [1.29, 1.82) is 0 Å². The summed E-state index contributed by atoms with van der Waals surface area (Å²) in [6.07, 6.45) is 1.49. The number of pyridine rings is 1. The number of carbonyl (C=O) groups is 2. The second kappa shape index (κ2) is 5.97. The number of nitrogens with two attached hydrogens (primary N) is 1. The molecule has 2 N–H and O–H groups in total. The lowest BCUT2D eigenvalue weighted by molar-refractivity contribution is -0.118. The van der Waals surface area contributed by atoms with E-state index >= 15 is 0 Å². The molecule has 0 aliphatic rings. The summed E-state index contributed by atoms with van der Waals surface area (Å²) in [6.45, 7) is 1.98. The van der Waals surface area contributed by atoms with Crippen molar-refractivity contribution in [2.75, 3.05) is 13.1 Å². The zero-order valence-corrected chi connectivity index (χ0v) is 11.5. The van der Waals surface area contributed by atoms with E-state index in [1.54, 1.807) is 13.0 Å². The van der Waals surface area contributed by atoms with Gasteiger partial charge in [0.2, 0.25) is 5.91 Å². The van der Waals surface area contributed by atoms with Crippen LogP contribution in [0.3, 0.4) is 0 Å². The summed E-state index contributed by atoms with van der Waals surface area (Å²) in [5, 5.41) is 0.0983. The number of carbonyl (C=O) groups excluding carboxylic acids is 2. The molecule has 17 heavy (non-hydrogen) atoms. The van der Waals surface area contributed by atoms with Crippen LogP contribution >= 0.6 is 27.5 Å². The molecule has 0 radical (unpaired) electrons. The Labute approximate surface area is 112 Å². The van der Waals surface area contributed by atoms with Crippen molar-refractivity contribution >= 4 is 39.3 Å². The number of primary amides is 1. The van der Waals surface area contributed by atoms with Gasteiger partial charge < -0.3 is 10.6 Å². The van der Waals surface area contributed by atoms with Gasteiger partial charge in [0.25, 0.3) is 5.91 Å². The van der Waals surface area contributed by atoms with E-state index in [2.05, 4.69) is 20.9 Å². The highest BCUT2D eigenvalue weighted by Crippen LogP contribution is 2.19. The van der Waals surface area contributed by atoms with Crippen LogP contribution in [-0.4, -0.2) is 34.8 Å². The van der Waals surface area contributed by atoms with Crippen LogP contribution in [0.2, 0.25) is 5.15 Å². The fourth-order valence-corrected chi connectivity index (χ4v) is 1.77. The van der Waals surface area contributed by atoms with Crippen LogP contribution < -0.4 is 5.73 Å². The molecular weight excluding hydrogens is 309 g/mol. The molecule has 5 nitrogen and oxygen atoms in total. The Kier molecular flexibility index (Phi) is 4.89. The number of rotatable bonds is 4. The zero-order valence-electron chi connectivity index (χ0n) is 9.11. The molecule has 92 valence electrons. The van der Waals surface area contributed by atoms with Crippen molar-refractivity contribution in [3.8, 4) is 0 Å². The molecule has 0 spiro atoms. The van der Waals surface area contributed by atoms with Gasteiger partial charge in [-0.25, -0.2) is 4.98 Å². The van der Waals surface area contributed by atoms with Crippen LogP contribution in [0.5, 0.6) is 0 Å². The first-order valence-corrected chi connectivity index (χ1v) is 6.01. The van der Waals surface area contributed by atoms with Crippen LogP contribution in [0.25, 0.3) is 0 Å². The number of hydrogen-bond donors (Lipinski definition) is 1. The largest absolute Gasteiger partial charge is 0.368 e. The highest BCUT2D eigenvalue weighted by molar-refractivity contribution is 9.10. The SMILES string of the molecule is CCN(CC(N)=O)C(=O)c1cc(Br)cnc1Cl. The van der Waals surface area contributed by atoms with E-state index in [1.807, 2.05) is 0 Å². The molecule has 2 amide bonds. The highest BCUT2D eigenvalue weighted by Gasteiger charge is 2.19. The van der Waals surface area contributed by atoms with E-state index in [4.69, 9.17) is 17.3 Å². The average molecular weight is 321 g/mol. The molecule has 0 bridgehead atoms. The van der Waals surface area contributed by atoms with Gasteiger partial charge in [0.05, 0.1) is 12.1 Å². The molecule has 1 rings (SSSR count). The molecule has 0 atom stereocenters. The Morgan fingerprint density at radius 3 is 2.76 bits per heavy atom. The van der Waals surface area contributed by atoms with Gasteiger partial charge in [0, 0.05) is 17.2 Å². The van der Waals surface area contributed by atoms with E-state index in [1.165, 1.54) is 11.1 Å². The van der Waals surface area contributed by atoms with E-state index < -0.39 is 5.91 Å². The second-order valence-corrected chi connectivity index (χ2v) is 4.55. The van der Waals surface area contributed by atoms with Crippen LogP contribution in [0.15, 0.2) is 16.7 Å². The zero-order chi connectivity index (χ0) is 13.0. The molecule has 1 heterocycles. The lowest BCUT2D eigenvalue weighted by Gasteiger charge is -2.19. The van der Waals surface area contributed by atoms with Gasteiger partial charge in [-0.05, 0) is 28.9 Å². The Morgan fingerprint density at radius 2 is 2.24 bits per heavy atom. The van der Waals surface area contributed by atoms with Crippen molar-refractivity contribution in [2.24, 2.45) is 5.73 Å². The third-order valence-electron chi connectivity index (χ3n) is 2.05. The summed E-state index contributed by atoms with van der Waals surface area (Å²) < 4.78 is 0.639. The molecule has 0 aromatic carbocycles. The summed E-state index contributed by atoms with van der Waals surface area (Å²) in [7, 11) is 0. The van der Waals surface area contributed by atoms with Crippen LogP contribution in [0.4, 0.5) is 0 Å². The summed E-state index contributed by atoms with van der Waals surface area (Å²) in [5.41, 5.74) is 5.30. The summed E-state index contributed by atoms with van der Waals surface area (Å²) in [4.78, 5) is 28.0. The Morgan fingerprint density at radius 1 is 1.59 bits per heavy atom. The number of nitrogens with zero attached hydrogens (tertiary/aromatic N) is 2. The van der Waals surface area contributed by atoms with Gasteiger partial charge in [-0.3, -0.25) is 9.59 Å². The number of hydrogen-bond acceptors (Lipinski definition) is 3. The number of halogens is 2. The maximum atomic E-state index is 12.1. The minimum absolute atomic E-state index is 0.0983. The van der Waals surface area contributed by atoms with Gasteiger partial charge in [0.15, 0.2) is 0 Å². The molecule has 7 heteroatoms. The first kappa shape index (κ1) is 13.9. The summed E-state index contributed by atoms with van der Waals surface area (Å²) in [5.74, 6) is -0.940. The van der Waals surface area contributed by atoms with Crippen molar-refractivity contribution in [2.45, 2.75) is 6.92 Å². The predicted molar refractivity (Wildman–Crippen MR) is 67.7 cm³/mol. The Bertz CT molecular complexity index is 453. The van der Waals surface area contributed by atoms with E-state index in [0.29, 0.717) is 11.0 Å². The van der Waals surface area contributed by atoms with Crippen molar-refractivity contribution < 1.29 is 9.59 Å². The molecule has 1 aromatic rings. The Balaban J connectivity index is 3.01. The van der Waals surface area contributed by atoms with Crippen molar-refractivity contribution in [3.63, 3.8) is 0 Å². The van der Waals surface area contributed by atoms with Gasteiger partial charge in [-0.2, -0.15) is 0 Å². The van der Waals surface area contributed by atoms with Gasteiger partial charge in [-0.1, -0.05) is 11.6 Å². The fraction of sp³-hybridized carbons (Fsp3) is 0.300. The second-order valence-electron chi connectivity index (χ2n) is 3.28. The predicted octanol–water partition coefficient (Wildman–Crippen LogP) is 1.44. The maximum Gasteiger partial charge on any atom is 0.257 e. The van der Waals surface area contributed by atoms with Crippen LogP contribution in [0.1, 0.15) is 17.3 Å². The van der Waals surface area contributed by atoms with E-state index in [0.717, 1.165) is 0 Å². The maximum absolute atomic E-state index is 12.1. The molecule has 0 fully saturated rings. The average Bonchev–Trinajstić information content (AvgIpc) is 2.28. The van der Waals surface area contributed by atoms with Crippen molar-refractivity contribution in [1.82, 2.24) is 9.88 Å². The first-order valence-electron chi connectivity index (χ1n) is 4.84. The van der Waals surface area contributed by atoms with Gasteiger partial charge >= 0.3 is 0 Å². The third kappa shape index (κ3) is 3.67. The highest BCUT2D eigenvalue weighted by atomic mass is 79.9. The number of amides is 2. The third-order valence-corrected chi connectivity index (χ3v) is 2.79. The normalized spacial score (nSPS) is 10.1. The number of likely N-dealkylation sites (N-methyl/N-ethyl adjacent to an activating group) is 1. The number of aromatic nitrogens is 1. The smallest absolute Gasteiger partial charge is 0.257 e. The van der Waals surface area contributed by atoms with E-state index in [-0.39, 0.29) is 23.2 Å². The van der Waals surface area contributed by atoms with Crippen molar-refractivity contribution in [3.05, 3.63) is 27.5 Å². The summed E-state index contributed by atoms with van der Waals surface area (Å²) in [6, 6.07) is 1.56. The Hall–Kier alpha value is -1.14.